The largest absolute Gasteiger partial charge is 0.490 e. The van der Waals surface area contributed by atoms with Crippen molar-refractivity contribution in [1.29, 1.82) is 0 Å². The first-order chi connectivity index (χ1) is 22.7. The van der Waals surface area contributed by atoms with E-state index in [2.05, 4.69) is 20.9 Å². The van der Waals surface area contributed by atoms with Crippen molar-refractivity contribution in [2.24, 2.45) is 4.99 Å². The van der Waals surface area contributed by atoms with Crippen LogP contribution >= 0.6 is 50.5 Å². The van der Waals surface area contributed by atoms with Gasteiger partial charge < -0.3 is 23.7 Å². The number of ether oxygens (including phenoxy) is 5. The number of esters is 1. The van der Waals surface area contributed by atoms with Crippen molar-refractivity contribution < 1.29 is 28.5 Å². The summed E-state index contributed by atoms with van der Waals surface area (Å²) in [6.07, 6.45) is 3.20. The van der Waals surface area contributed by atoms with Crippen LogP contribution in [0.25, 0.3) is 6.08 Å². The molecule has 47 heavy (non-hydrogen) atoms. The van der Waals surface area contributed by atoms with Gasteiger partial charge in [-0.1, -0.05) is 46.7 Å². The lowest BCUT2D eigenvalue weighted by atomic mass is 9.97. The summed E-state index contributed by atoms with van der Waals surface area (Å²) in [6.45, 7) is 7.11. The molecular formula is C34H31BrCl2N2O7S. The Kier molecular flexibility index (Phi) is 11.3. The summed E-state index contributed by atoms with van der Waals surface area (Å²) in [7, 11) is 1.29. The van der Waals surface area contributed by atoms with Crippen LogP contribution in [0, 0.1) is 0 Å². The Morgan fingerprint density at radius 1 is 0.936 bits per heavy atom. The third-order valence-corrected chi connectivity index (χ3v) is 9.33. The van der Waals surface area contributed by atoms with E-state index in [1.54, 1.807) is 42.5 Å². The van der Waals surface area contributed by atoms with Crippen LogP contribution in [-0.2, 0) is 16.1 Å². The highest BCUT2D eigenvalue weighted by Crippen LogP contribution is 2.38. The van der Waals surface area contributed by atoms with Crippen LogP contribution in [0.4, 0.5) is 0 Å². The topological polar surface area (TPSA) is 97.6 Å². The molecule has 246 valence electrons. The molecule has 4 aromatic rings. The van der Waals surface area contributed by atoms with Gasteiger partial charge in [-0.15, -0.1) is 0 Å². The molecule has 0 bridgehead atoms. The lowest BCUT2D eigenvalue weighted by molar-refractivity contribution is -0.136. The summed E-state index contributed by atoms with van der Waals surface area (Å²) in [4.78, 5) is 31.9. The summed E-state index contributed by atoms with van der Waals surface area (Å²) >= 11 is 17.0. The van der Waals surface area contributed by atoms with Crippen LogP contribution in [0.2, 0.25) is 10.0 Å². The molecule has 0 spiro atoms. The van der Waals surface area contributed by atoms with Crippen LogP contribution in [0.5, 0.6) is 23.0 Å². The van der Waals surface area contributed by atoms with Gasteiger partial charge in [-0.05, 0) is 95.9 Å². The Morgan fingerprint density at radius 2 is 1.66 bits per heavy atom. The fourth-order valence-electron chi connectivity index (χ4n) is 5.00. The average Bonchev–Trinajstić information content (AvgIpc) is 3.37. The van der Waals surface area contributed by atoms with Crippen LogP contribution in [0.15, 0.2) is 74.6 Å². The summed E-state index contributed by atoms with van der Waals surface area (Å²) in [6, 6.07) is 13.5. The molecule has 0 amide bonds. The molecule has 5 rings (SSSR count). The van der Waals surface area contributed by atoms with Gasteiger partial charge in [-0.2, -0.15) is 0 Å². The maximum absolute atomic E-state index is 14.1. The highest BCUT2D eigenvalue weighted by molar-refractivity contribution is 9.10. The van der Waals surface area contributed by atoms with E-state index in [0.29, 0.717) is 77.8 Å². The highest BCUT2D eigenvalue weighted by Gasteiger charge is 2.31. The fourth-order valence-corrected chi connectivity index (χ4v) is 6.86. The minimum absolute atomic E-state index is 0.211. The van der Waals surface area contributed by atoms with Gasteiger partial charge >= 0.3 is 5.97 Å². The molecule has 3 aromatic carbocycles. The molecule has 0 N–H and O–H groups in total. The van der Waals surface area contributed by atoms with E-state index in [4.69, 9.17) is 46.9 Å². The second-order valence-corrected chi connectivity index (χ2v) is 12.7. The summed E-state index contributed by atoms with van der Waals surface area (Å²) in [5, 5.41) is 0.899. The standard InChI is InChI=1S/C34H31BrCl2N2O7S/c1-5-43-26-11-9-21(16-27(26)44-6-2)30-22(33(41)42-4)17-38-34-39(30)32(40)29(47-34)15-20-12-23(35)31(28(14-20)45-7-3)46-18-19-8-10-24(36)25(37)13-19/h8-17,30H,5-7,18H2,1-4H3/b29-15+/t30-/m0/s1. The summed E-state index contributed by atoms with van der Waals surface area (Å²) in [5.41, 5.74) is 2.05. The Labute approximate surface area is 293 Å². The number of rotatable bonds is 12. The van der Waals surface area contributed by atoms with Crippen LogP contribution in [0.3, 0.4) is 0 Å². The van der Waals surface area contributed by atoms with Crippen molar-refractivity contribution in [2.75, 3.05) is 26.9 Å². The third-order valence-electron chi connectivity index (χ3n) is 7.00. The van der Waals surface area contributed by atoms with E-state index in [0.717, 1.165) is 5.56 Å². The number of halogens is 3. The van der Waals surface area contributed by atoms with E-state index in [9.17, 15) is 9.59 Å². The molecule has 0 radical (unpaired) electrons. The Bertz CT molecular complexity index is 2030. The molecule has 0 fully saturated rings. The second-order valence-electron chi connectivity index (χ2n) is 10.0. The van der Waals surface area contributed by atoms with Crippen molar-refractivity contribution in [3.8, 4) is 23.0 Å². The van der Waals surface area contributed by atoms with E-state index < -0.39 is 12.0 Å². The van der Waals surface area contributed by atoms with Gasteiger partial charge in [0, 0.05) is 6.20 Å². The van der Waals surface area contributed by atoms with Gasteiger partial charge in [-0.3, -0.25) is 9.36 Å². The zero-order valence-corrected chi connectivity index (χ0v) is 29.9. The highest BCUT2D eigenvalue weighted by atomic mass is 79.9. The van der Waals surface area contributed by atoms with Crippen LogP contribution in [0.1, 0.15) is 43.5 Å². The van der Waals surface area contributed by atoms with Gasteiger partial charge in [0.2, 0.25) is 0 Å². The fraction of sp³-hybridized carbons (Fsp3) is 0.265. The first kappa shape index (κ1) is 34.6. The molecule has 0 aliphatic carbocycles. The molecule has 1 aromatic heterocycles. The molecule has 0 saturated heterocycles. The minimum Gasteiger partial charge on any atom is -0.490 e. The predicted molar refractivity (Wildman–Crippen MR) is 186 cm³/mol. The molecular weight excluding hydrogens is 731 g/mol. The van der Waals surface area contributed by atoms with Gasteiger partial charge in [0.05, 0.1) is 57.6 Å². The Balaban J connectivity index is 1.56. The molecule has 0 saturated carbocycles. The van der Waals surface area contributed by atoms with Crippen LogP contribution in [-0.4, -0.2) is 37.5 Å². The van der Waals surface area contributed by atoms with Crippen molar-refractivity contribution >= 4 is 62.5 Å². The van der Waals surface area contributed by atoms with E-state index in [1.807, 2.05) is 32.9 Å². The molecule has 2 heterocycles. The van der Waals surface area contributed by atoms with Crippen molar-refractivity contribution in [2.45, 2.75) is 33.4 Å². The number of nitrogens with zero attached hydrogens (tertiary/aromatic N) is 2. The zero-order chi connectivity index (χ0) is 33.7. The average molecular weight is 763 g/mol. The maximum Gasteiger partial charge on any atom is 0.337 e. The second kappa shape index (κ2) is 15.4. The number of carbonyl (C=O) groups is 1. The molecule has 0 unspecified atom stereocenters. The van der Waals surface area contributed by atoms with Crippen molar-refractivity contribution in [3.05, 3.63) is 111 Å². The van der Waals surface area contributed by atoms with E-state index in [1.165, 1.54) is 29.2 Å². The molecule has 1 atom stereocenters. The minimum atomic E-state index is -0.807. The monoisotopic (exact) mass is 760 g/mol. The number of fused-ring (bicyclic) bond motifs is 1. The molecule has 1 aliphatic rings. The summed E-state index contributed by atoms with van der Waals surface area (Å²) < 4.78 is 31.2. The Morgan fingerprint density at radius 3 is 2.36 bits per heavy atom. The smallest absolute Gasteiger partial charge is 0.337 e. The first-order valence-electron chi connectivity index (χ1n) is 14.7. The normalized spacial score (nSPS) is 14.1. The number of carbonyl (C=O) groups excluding carboxylic acids is 1. The van der Waals surface area contributed by atoms with Crippen molar-refractivity contribution in [3.63, 3.8) is 0 Å². The Hall–Kier alpha value is -3.77. The molecule has 9 nitrogen and oxygen atoms in total. The van der Waals surface area contributed by atoms with Gasteiger partial charge in [0.25, 0.3) is 5.56 Å². The van der Waals surface area contributed by atoms with Gasteiger partial charge in [0.15, 0.2) is 27.8 Å². The van der Waals surface area contributed by atoms with Gasteiger partial charge in [-0.25, -0.2) is 9.79 Å². The number of aromatic nitrogens is 1. The lowest BCUT2D eigenvalue weighted by Crippen LogP contribution is -2.39. The van der Waals surface area contributed by atoms with Crippen molar-refractivity contribution in [1.82, 2.24) is 4.57 Å². The lowest BCUT2D eigenvalue weighted by Gasteiger charge is -2.23. The van der Waals surface area contributed by atoms with E-state index >= 15 is 0 Å². The molecule has 13 heteroatoms. The quantitative estimate of drug-likeness (QED) is 0.146. The first-order valence-corrected chi connectivity index (χ1v) is 17.1. The van der Waals surface area contributed by atoms with Crippen LogP contribution < -0.4 is 33.8 Å². The molecule has 1 aliphatic heterocycles. The van der Waals surface area contributed by atoms with Gasteiger partial charge in [0.1, 0.15) is 6.61 Å². The van der Waals surface area contributed by atoms with E-state index in [-0.39, 0.29) is 17.7 Å². The maximum atomic E-state index is 14.1. The summed E-state index contributed by atoms with van der Waals surface area (Å²) in [5.74, 6) is 1.46. The number of hydrogen-bond acceptors (Lipinski definition) is 9. The number of hydrogen-bond donors (Lipinski definition) is 0. The number of benzene rings is 3. The zero-order valence-electron chi connectivity index (χ0n) is 26.0. The predicted octanol–water partition coefficient (Wildman–Crippen LogP) is 6.86. The number of methoxy groups -OCH3 is 1. The third kappa shape index (κ3) is 7.54. The SMILES string of the molecule is CCOc1ccc([C@H]2C(C(=O)OC)=CN=c3s/c(=C/c4cc(Br)c(OCc5ccc(Cl)c(Cl)c5)c(OCC)c4)c(=O)n32)cc1OCC. The number of thiazole rings is 1.